The molecule has 2 rings (SSSR count). The smallest absolute Gasteiger partial charge is 0.126 e. The third kappa shape index (κ3) is 3.36. The minimum atomic E-state index is 0.499. The molecule has 1 aliphatic carbocycles. The Morgan fingerprint density at radius 1 is 1.50 bits per heavy atom. The fourth-order valence-corrected chi connectivity index (χ4v) is 2.96. The molecule has 0 radical (unpaired) electrons. The highest BCUT2D eigenvalue weighted by molar-refractivity contribution is 6.30. The van der Waals surface area contributed by atoms with Crippen LogP contribution in [0.15, 0.2) is 12.3 Å². The van der Waals surface area contributed by atoms with E-state index in [4.69, 9.17) is 17.3 Å². The van der Waals surface area contributed by atoms with E-state index in [-0.39, 0.29) is 0 Å². The second-order valence-electron chi connectivity index (χ2n) is 5.14. The van der Waals surface area contributed by atoms with E-state index in [1.165, 1.54) is 25.7 Å². The lowest BCUT2D eigenvalue weighted by Gasteiger charge is -2.30. The number of aromatic nitrogens is 1. The summed E-state index contributed by atoms with van der Waals surface area (Å²) in [5.74, 6) is 1.14. The highest BCUT2D eigenvalue weighted by atomic mass is 35.5. The topological polar surface area (TPSA) is 50.9 Å². The van der Waals surface area contributed by atoms with Crippen LogP contribution in [-0.2, 0) is 0 Å². The highest BCUT2D eigenvalue weighted by Gasteiger charge is 2.24. The van der Waals surface area contributed by atoms with Crippen LogP contribution in [0.25, 0.3) is 0 Å². The Hall–Kier alpha value is -0.800. The zero-order chi connectivity index (χ0) is 13.0. The Labute approximate surface area is 114 Å². The van der Waals surface area contributed by atoms with E-state index in [9.17, 15) is 0 Å². The molecule has 4 heteroatoms. The molecule has 0 amide bonds. The summed E-state index contributed by atoms with van der Waals surface area (Å²) < 4.78 is 0. The van der Waals surface area contributed by atoms with Crippen molar-refractivity contribution in [2.24, 2.45) is 0 Å². The third-order valence-corrected chi connectivity index (χ3v) is 3.92. The first-order valence-electron chi connectivity index (χ1n) is 6.85. The van der Waals surface area contributed by atoms with Gasteiger partial charge in [-0.25, -0.2) is 4.98 Å². The number of halogens is 1. The van der Waals surface area contributed by atoms with Gasteiger partial charge in [-0.3, -0.25) is 0 Å². The van der Waals surface area contributed by atoms with Gasteiger partial charge in [-0.2, -0.15) is 0 Å². The Morgan fingerprint density at radius 3 is 3.11 bits per heavy atom. The van der Waals surface area contributed by atoms with E-state index in [2.05, 4.69) is 17.2 Å². The summed E-state index contributed by atoms with van der Waals surface area (Å²) in [4.78, 5) is 4.17. The van der Waals surface area contributed by atoms with Crippen LogP contribution < -0.4 is 11.1 Å². The van der Waals surface area contributed by atoms with Gasteiger partial charge in [0.1, 0.15) is 5.82 Å². The minimum absolute atomic E-state index is 0.499. The number of nitrogens with zero attached hydrogens (tertiary/aromatic N) is 1. The van der Waals surface area contributed by atoms with Crippen LogP contribution in [-0.4, -0.2) is 17.6 Å². The zero-order valence-electron chi connectivity index (χ0n) is 11.0. The summed E-state index contributed by atoms with van der Waals surface area (Å²) in [5.41, 5.74) is 7.11. The molecular weight excluding hydrogens is 246 g/mol. The zero-order valence-corrected chi connectivity index (χ0v) is 11.7. The molecule has 0 aromatic carbocycles. The average Bonchev–Trinajstić information content (AvgIpc) is 2.39. The Bertz CT molecular complexity index is 395. The van der Waals surface area contributed by atoms with E-state index in [0.717, 1.165) is 18.5 Å². The molecule has 1 aliphatic rings. The average molecular weight is 268 g/mol. The summed E-state index contributed by atoms with van der Waals surface area (Å²) in [6, 6.07) is 2.60. The maximum Gasteiger partial charge on any atom is 0.126 e. The molecule has 2 unspecified atom stereocenters. The number of hydrogen-bond donors (Lipinski definition) is 2. The van der Waals surface area contributed by atoms with Crippen LogP contribution in [0.4, 0.5) is 5.82 Å². The Balaban J connectivity index is 2.05. The van der Waals surface area contributed by atoms with E-state index in [0.29, 0.717) is 22.8 Å². The predicted molar refractivity (Wildman–Crippen MR) is 77.0 cm³/mol. The summed E-state index contributed by atoms with van der Waals surface area (Å²) in [6.07, 6.45) is 7.66. The van der Waals surface area contributed by atoms with Gasteiger partial charge in [0.15, 0.2) is 0 Å². The largest absolute Gasteiger partial charge is 0.383 e. The molecule has 0 spiro atoms. The molecule has 1 aromatic heterocycles. The van der Waals surface area contributed by atoms with Crippen molar-refractivity contribution in [2.45, 2.75) is 51.0 Å². The van der Waals surface area contributed by atoms with E-state index in [1.807, 2.05) is 6.07 Å². The van der Waals surface area contributed by atoms with Gasteiger partial charge in [0, 0.05) is 12.2 Å². The van der Waals surface area contributed by atoms with Crippen molar-refractivity contribution in [1.29, 1.82) is 0 Å². The van der Waals surface area contributed by atoms with Crippen LogP contribution in [0, 0.1) is 0 Å². The molecule has 100 valence electrons. The summed E-state index contributed by atoms with van der Waals surface area (Å²) in [5, 5.41) is 4.29. The second-order valence-corrected chi connectivity index (χ2v) is 5.58. The second kappa shape index (κ2) is 6.39. The van der Waals surface area contributed by atoms with Crippen molar-refractivity contribution >= 4 is 17.4 Å². The molecule has 3 N–H and O–H groups in total. The fourth-order valence-electron chi connectivity index (χ4n) is 2.80. The van der Waals surface area contributed by atoms with Gasteiger partial charge >= 0.3 is 0 Å². The van der Waals surface area contributed by atoms with Gasteiger partial charge in [0.25, 0.3) is 0 Å². The highest BCUT2D eigenvalue weighted by Crippen LogP contribution is 2.35. The summed E-state index contributed by atoms with van der Waals surface area (Å²) >= 11 is 6.02. The van der Waals surface area contributed by atoms with Crippen molar-refractivity contribution in [3.8, 4) is 0 Å². The van der Waals surface area contributed by atoms with Crippen LogP contribution in [0.3, 0.4) is 0 Å². The monoisotopic (exact) mass is 267 g/mol. The quantitative estimate of drug-likeness (QED) is 0.880. The summed E-state index contributed by atoms with van der Waals surface area (Å²) in [6.45, 7) is 3.30. The van der Waals surface area contributed by atoms with Crippen molar-refractivity contribution in [2.75, 3.05) is 12.3 Å². The molecule has 0 bridgehead atoms. The SMILES string of the molecule is CCCNC1CCCC(c2cc(Cl)cnc2N)C1. The van der Waals surface area contributed by atoms with Gasteiger partial charge in [0.05, 0.1) is 5.02 Å². The maximum atomic E-state index is 6.02. The van der Waals surface area contributed by atoms with Crippen molar-refractivity contribution in [3.63, 3.8) is 0 Å². The summed E-state index contributed by atoms with van der Waals surface area (Å²) in [7, 11) is 0. The number of hydrogen-bond acceptors (Lipinski definition) is 3. The van der Waals surface area contributed by atoms with Crippen molar-refractivity contribution in [1.82, 2.24) is 10.3 Å². The number of anilines is 1. The third-order valence-electron chi connectivity index (χ3n) is 3.71. The lowest BCUT2D eigenvalue weighted by Crippen LogP contribution is -2.34. The molecule has 18 heavy (non-hydrogen) atoms. The molecule has 1 saturated carbocycles. The Kier molecular flexibility index (Phi) is 4.84. The van der Waals surface area contributed by atoms with Crippen LogP contribution in [0.1, 0.15) is 50.5 Å². The van der Waals surface area contributed by atoms with E-state index >= 15 is 0 Å². The first-order valence-corrected chi connectivity index (χ1v) is 7.22. The van der Waals surface area contributed by atoms with Gasteiger partial charge in [-0.05, 0) is 49.8 Å². The first-order chi connectivity index (χ1) is 8.70. The van der Waals surface area contributed by atoms with E-state index < -0.39 is 0 Å². The predicted octanol–water partition coefficient (Wildman–Crippen LogP) is 3.34. The number of nitrogen functional groups attached to an aromatic ring is 1. The number of nitrogens with two attached hydrogens (primary N) is 1. The molecular formula is C14H22ClN3. The van der Waals surface area contributed by atoms with Gasteiger partial charge in [-0.15, -0.1) is 0 Å². The molecule has 1 fully saturated rings. The van der Waals surface area contributed by atoms with Gasteiger partial charge < -0.3 is 11.1 Å². The van der Waals surface area contributed by atoms with Gasteiger partial charge in [-0.1, -0.05) is 24.9 Å². The number of rotatable bonds is 4. The first kappa shape index (κ1) is 13.6. The lowest BCUT2D eigenvalue weighted by molar-refractivity contribution is 0.340. The maximum absolute atomic E-state index is 6.02. The normalized spacial score (nSPS) is 24.1. The van der Waals surface area contributed by atoms with Crippen molar-refractivity contribution < 1.29 is 0 Å². The Morgan fingerprint density at radius 2 is 2.33 bits per heavy atom. The fraction of sp³-hybridized carbons (Fsp3) is 0.643. The standard InChI is InChI=1S/C14H22ClN3/c1-2-6-17-12-5-3-4-10(7-12)13-8-11(15)9-18-14(13)16/h8-10,12,17H,2-7H2,1H3,(H2,16,18). The van der Waals surface area contributed by atoms with Crippen LogP contribution in [0.2, 0.25) is 5.02 Å². The van der Waals surface area contributed by atoms with Crippen LogP contribution >= 0.6 is 11.6 Å². The number of pyridine rings is 1. The molecule has 0 saturated heterocycles. The van der Waals surface area contributed by atoms with Crippen molar-refractivity contribution in [3.05, 3.63) is 22.8 Å². The van der Waals surface area contributed by atoms with Gasteiger partial charge in [0.2, 0.25) is 0 Å². The van der Waals surface area contributed by atoms with Crippen LogP contribution in [0.5, 0.6) is 0 Å². The number of nitrogens with one attached hydrogen (secondary N) is 1. The molecule has 3 nitrogen and oxygen atoms in total. The molecule has 0 aliphatic heterocycles. The molecule has 2 atom stereocenters. The molecule has 1 heterocycles. The minimum Gasteiger partial charge on any atom is -0.383 e. The van der Waals surface area contributed by atoms with E-state index in [1.54, 1.807) is 6.20 Å². The molecule has 1 aromatic rings. The lowest BCUT2D eigenvalue weighted by atomic mass is 9.81.